The summed E-state index contributed by atoms with van der Waals surface area (Å²) in [7, 11) is 0. The Kier molecular flexibility index (Phi) is 6.66. The van der Waals surface area contributed by atoms with Gasteiger partial charge in [0, 0.05) is 25.1 Å². The maximum Gasteiger partial charge on any atom is 0.191 e. The van der Waals surface area contributed by atoms with E-state index < -0.39 is 0 Å². The van der Waals surface area contributed by atoms with Crippen molar-refractivity contribution in [3.05, 3.63) is 46.8 Å². The highest BCUT2D eigenvalue weighted by atomic mass is 16.5. The molecule has 0 atom stereocenters. The van der Waals surface area contributed by atoms with E-state index in [1.807, 2.05) is 19.1 Å². The van der Waals surface area contributed by atoms with Gasteiger partial charge in [-0.1, -0.05) is 31.1 Å². The average molecular weight is 330 g/mol. The van der Waals surface area contributed by atoms with Crippen molar-refractivity contribution in [1.82, 2.24) is 15.8 Å². The highest BCUT2D eigenvalue weighted by Crippen LogP contribution is 2.15. The number of nitrogens with one attached hydrogen (secondary N) is 2. The number of aryl methyl sites for hydroxylation is 2. The molecule has 0 aliphatic heterocycles. The Labute approximate surface area is 143 Å². The number of guanidine groups is 1. The minimum Gasteiger partial charge on any atom is -0.508 e. The molecule has 2 rings (SSSR count). The standard InChI is InChI=1S/C18H26N4O2/c1-4-16-15(17(5-2)24-22-16)12-21-18(19-6-3)20-11-13-8-7-9-14(23)10-13/h7-10,23H,4-6,11-12H2,1-3H3,(H2,19,20,21). The molecule has 0 bridgehead atoms. The van der Waals surface area contributed by atoms with Crippen molar-refractivity contribution >= 4 is 5.96 Å². The zero-order valence-electron chi connectivity index (χ0n) is 14.6. The molecular formula is C18H26N4O2. The fraction of sp³-hybridized carbons (Fsp3) is 0.444. The number of nitrogens with zero attached hydrogens (tertiary/aromatic N) is 2. The number of aromatic hydroxyl groups is 1. The van der Waals surface area contributed by atoms with Gasteiger partial charge >= 0.3 is 0 Å². The Morgan fingerprint density at radius 1 is 1.21 bits per heavy atom. The lowest BCUT2D eigenvalue weighted by atomic mass is 10.1. The highest BCUT2D eigenvalue weighted by molar-refractivity contribution is 5.79. The van der Waals surface area contributed by atoms with E-state index in [4.69, 9.17) is 4.52 Å². The number of aliphatic imine (C=N–C) groups is 1. The van der Waals surface area contributed by atoms with E-state index in [-0.39, 0.29) is 5.75 Å². The number of aromatic nitrogens is 1. The third kappa shape index (κ3) is 4.75. The number of phenolic OH excluding ortho intramolecular Hbond substituents is 1. The van der Waals surface area contributed by atoms with Gasteiger partial charge in [0.15, 0.2) is 5.96 Å². The molecule has 0 saturated heterocycles. The van der Waals surface area contributed by atoms with Gasteiger partial charge in [0.05, 0.1) is 12.2 Å². The van der Waals surface area contributed by atoms with Crippen LogP contribution in [0.15, 0.2) is 33.8 Å². The first-order valence-electron chi connectivity index (χ1n) is 8.44. The minimum atomic E-state index is 0.255. The summed E-state index contributed by atoms with van der Waals surface area (Å²) in [6, 6.07) is 7.13. The monoisotopic (exact) mass is 330 g/mol. The molecule has 0 unspecified atom stereocenters. The third-order valence-electron chi connectivity index (χ3n) is 3.71. The van der Waals surface area contributed by atoms with E-state index in [0.717, 1.165) is 47.9 Å². The van der Waals surface area contributed by atoms with Gasteiger partial charge in [0.25, 0.3) is 0 Å². The van der Waals surface area contributed by atoms with Gasteiger partial charge in [-0.3, -0.25) is 0 Å². The second-order valence-electron chi connectivity index (χ2n) is 5.46. The smallest absolute Gasteiger partial charge is 0.191 e. The lowest BCUT2D eigenvalue weighted by molar-refractivity contribution is 0.380. The average Bonchev–Trinajstić information content (AvgIpc) is 2.99. The second kappa shape index (κ2) is 8.96. The normalized spacial score (nSPS) is 11.5. The number of benzene rings is 1. The minimum absolute atomic E-state index is 0.255. The van der Waals surface area contributed by atoms with Crippen LogP contribution < -0.4 is 10.6 Å². The molecule has 1 aromatic carbocycles. The summed E-state index contributed by atoms with van der Waals surface area (Å²) in [5.74, 6) is 1.90. The summed E-state index contributed by atoms with van der Waals surface area (Å²) in [6.45, 7) is 8.06. The molecule has 0 fully saturated rings. The highest BCUT2D eigenvalue weighted by Gasteiger charge is 2.13. The summed E-state index contributed by atoms with van der Waals surface area (Å²) in [4.78, 5) is 4.57. The van der Waals surface area contributed by atoms with Crippen LogP contribution in [0.1, 0.15) is 43.4 Å². The van der Waals surface area contributed by atoms with Crippen molar-refractivity contribution in [2.45, 2.75) is 46.7 Å². The molecular weight excluding hydrogens is 304 g/mol. The van der Waals surface area contributed by atoms with E-state index >= 15 is 0 Å². The Hall–Kier alpha value is -2.50. The first kappa shape index (κ1) is 17.8. The fourth-order valence-corrected chi connectivity index (χ4v) is 2.48. The zero-order chi connectivity index (χ0) is 17.4. The molecule has 24 heavy (non-hydrogen) atoms. The van der Waals surface area contributed by atoms with Crippen LogP contribution in [0.2, 0.25) is 0 Å². The Morgan fingerprint density at radius 3 is 2.71 bits per heavy atom. The van der Waals surface area contributed by atoms with E-state index in [1.165, 1.54) is 0 Å². The summed E-state index contributed by atoms with van der Waals surface area (Å²) in [5.41, 5.74) is 3.06. The van der Waals surface area contributed by atoms with E-state index in [9.17, 15) is 5.11 Å². The number of phenols is 1. The van der Waals surface area contributed by atoms with Gasteiger partial charge in [-0.25, -0.2) is 4.99 Å². The van der Waals surface area contributed by atoms with Crippen LogP contribution in [0, 0.1) is 0 Å². The lowest BCUT2D eigenvalue weighted by Gasteiger charge is -2.11. The van der Waals surface area contributed by atoms with Crippen molar-refractivity contribution in [2.75, 3.05) is 6.54 Å². The lowest BCUT2D eigenvalue weighted by Crippen LogP contribution is -2.37. The van der Waals surface area contributed by atoms with Gasteiger partial charge < -0.3 is 20.3 Å². The summed E-state index contributed by atoms with van der Waals surface area (Å²) in [6.07, 6.45) is 1.67. The Morgan fingerprint density at radius 2 is 2.04 bits per heavy atom. The molecule has 0 spiro atoms. The molecule has 6 heteroatoms. The van der Waals surface area contributed by atoms with Gasteiger partial charge in [0.2, 0.25) is 0 Å². The van der Waals surface area contributed by atoms with Crippen LogP contribution in [-0.2, 0) is 25.9 Å². The molecule has 130 valence electrons. The maximum absolute atomic E-state index is 9.53. The molecule has 6 nitrogen and oxygen atoms in total. The number of hydrogen-bond acceptors (Lipinski definition) is 4. The van der Waals surface area contributed by atoms with Crippen molar-refractivity contribution in [1.29, 1.82) is 0 Å². The van der Waals surface area contributed by atoms with Crippen LogP contribution in [0.4, 0.5) is 0 Å². The SMILES string of the molecule is CCNC(=NCc1cccc(O)c1)NCc1c(CC)noc1CC. The topological polar surface area (TPSA) is 82.7 Å². The predicted octanol–water partition coefficient (Wildman–Crippen LogP) is 2.76. The molecule has 0 amide bonds. The summed E-state index contributed by atoms with van der Waals surface area (Å²) >= 11 is 0. The van der Waals surface area contributed by atoms with Gasteiger partial charge in [-0.05, 0) is 31.0 Å². The van der Waals surface area contributed by atoms with E-state index in [2.05, 4.69) is 34.6 Å². The van der Waals surface area contributed by atoms with Gasteiger partial charge in [0.1, 0.15) is 11.5 Å². The molecule has 0 aliphatic carbocycles. The van der Waals surface area contributed by atoms with E-state index in [0.29, 0.717) is 13.1 Å². The van der Waals surface area contributed by atoms with Crippen LogP contribution in [0.5, 0.6) is 5.75 Å². The van der Waals surface area contributed by atoms with Crippen molar-refractivity contribution in [3.8, 4) is 5.75 Å². The summed E-state index contributed by atoms with van der Waals surface area (Å²) in [5, 5.41) is 20.2. The fourth-order valence-electron chi connectivity index (χ4n) is 2.48. The third-order valence-corrected chi connectivity index (χ3v) is 3.71. The quantitative estimate of drug-likeness (QED) is 0.537. The van der Waals surface area contributed by atoms with Crippen LogP contribution in [0.25, 0.3) is 0 Å². The summed E-state index contributed by atoms with van der Waals surface area (Å²) < 4.78 is 5.39. The predicted molar refractivity (Wildman–Crippen MR) is 95.0 cm³/mol. The van der Waals surface area contributed by atoms with Crippen LogP contribution in [0.3, 0.4) is 0 Å². The van der Waals surface area contributed by atoms with Crippen LogP contribution >= 0.6 is 0 Å². The molecule has 1 aromatic heterocycles. The maximum atomic E-state index is 9.53. The zero-order valence-corrected chi connectivity index (χ0v) is 14.6. The second-order valence-corrected chi connectivity index (χ2v) is 5.46. The van der Waals surface area contributed by atoms with Crippen molar-refractivity contribution in [2.24, 2.45) is 4.99 Å². The van der Waals surface area contributed by atoms with Gasteiger partial charge in [-0.15, -0.1) is 0 Å². The largest absolute Gasteiger partial charge is 0.508 e. The van der Waals surface area contributed by atoms with Crippen molar-refractivity contribution in [3.63, 3.8) is 0 Å². The molecule has 2 aromatic rings. The van der Waals surface area contributed by atoms with Crippen LogP contribution in [-0.4, -0.2) is 22.8 Å². The first-order chi connectivity index (χ1) is 11.7. The Balaban J connectivity index is 2.05. The molecule has 0 radical (unpaired) electrons. The van der Waals surface area contributed by atoms with Gasteiger partial charge in [-0.2, -0.15) is 0 Å². The number of hydrogen-bond donors (Lipinski definition) is 3. The molecule has 1 heterocycles. The number of rotatable bonds is 7. The molecule has 3 N–H and O–H groups in total. The van der Waals surface area contributed by atoms with E-state index in [1.54, 1.807) is 12.1 Å². The molecule has 0 aliphatic rings. The Bertz CT molecular complexity index is 658. The molecule has 0 saturated carbocycles. The van der Waals surface area contributed by atoms with Crippen molar-refractivity contribution < 1.29 is 9.63 Å². The first-order valence-corrected chi connectivity index (χ1v) is 8.44.